The van der Waals surface area contributed by atoms with Crippen LogP contribution in [0.1, 0.15) is 56.5 Å². The Kier molecular flexibility index (Phi) is 4.63. The summed E-state index contributed by atoms with van der Waals surface area (Å²) in [5.74, 6) is 0.943. The maximum absolute atomic E-state index is 13.2. The van der Waals surface area contributed by atoms with Crippen LogP contribution in [-0.2, 0) is 17.6 Å². The minimum absolute atomic E-state index is 0.0343. The summed E-state index contributed by atoms with van der Waals surface area (Å²) in [6.45, 7) is 7.62. The molecule has 1 amide bonds. The molecule has 4 rings (SSSR count). The summed E-state index contributed by atoms with van der Waals surface area (Å²) >= 11 is 1.70. The van der Waals surface area contributed by atoms with Crippen molar-refractivity contribution in [1.29, 1.82) is 0 Å². The number of aryl methyl sites for hydroxylation is 1. The van der Waals surface area contributed by atoms with Gasteiger partial charge in [0.2, 0.25) is 5.91 Å². The van der Waals surface area contributed by atoms with E-state index in [-0.39, 0.29) is 23.4 Å². The SMILES string of the molecule is CC(C)C(=O)N1CCC(n2cnc3sc4c(c3c2=O)CC[C@@H](C)C4)CC1. The smallest absolute Gasteiger partial charge is 0.262 e. The lowest BCUT2D eigenvalue weighted by atomic mass is 9.89. The monoisotopic (exact) mass is 373 g/mol. The summed E-state index contributed by atoms with van der Waals surface area (Å²) in [6.07, 6.45) is 6.62. The summed E-state index contributed by atoms with van der Waals surface area (Å²) in [7, 11) is 0. The van der Waals surface area contributed by atoms with Crippen molar-refractivity contribution in [1.82, 2.24) is 14.5 Å². The third-order valence-corrected chi connectivity index (χ3v) is 7.07. The Hall–Kier alpha value is -1.69. The van der Waals surface area contributed by atoms with Crippen molar-refractivity contribution < 1.29 is 4.79 Å². The van der Waals surface area contributed by atoms with E-state index in [0.29, 0.717) is 5.92 Å². The van der Waals surface area contributed by atoms with Crippen molar-refractivity contribution in [2.24, 2.45) is 11.8 Å². The minimum atomic E-state index is 0.0343. The van der Waals surface area contributed by atoms with Gasteiger partial charge in [-0.05, 0) is 43.6 Å². The van der Waals surface area contributed by atoms with Gasteiger partial charge in [-0.1, -0.05) is 20.8 Å². The van der Waals surface area contributed by atoms with Crippen LogP contribution >= 0.6 is 11.3 Å². The number of carbonyl (C=O) groups is 1. The summed E-state index contributed by atoms with van der Waals surface area (Å²) in [4.78, 5) is 34.2. The highest BCUT2D eigenvalue weighted by molar-refractivity contribution is 7.18. The average Bonchev–Trinajstić information content (AvgIpc) is 2.99. The van der Waals surface area contributed by atoms with E-state index in [1.165, 1.54) is 10.4 Å². The molecule has 26 heavy (non-hydrogen) atoms. The molecule has 5 nitrogen and oxygen atoms in total. The molecule has 0 N–H and O–H groups in total. The van der Waals surface area contributed by atoms with Gasteiger partial charge < -0.3 is 4.90 Å². The molecular weight excluding hydrogens is 346 g/mol. The van der Waals surface area contributed by atoms with E-state index < -0.39 is 0 Å². The van der Waals surface area contributed by atoms with E-state index in [0.717, 1.165) is 55.4 Å². The number of carbonyl (C=O) groups excluding carboxylic acids is 1. The highest BCUT2D eigenvalue weighted by Crippen LogP contribution is 2.36. The third-order valence-electron chi connectivity index (χ3n) is 5.90. The van der Waals surface area contributed by atoms with Crippen molar-refractivity contribution in [2.45, 2.75) is 58.9 Å². The number of hydrogen-bond acceptors (Lipinski definition) is 4. The van der Waals surface area contributed by atoms with Gasteiger partial charge in [-0.2, -0.15) is 0 Å². The minimum Gasteiger partial charge on any atom is -0.342 e. The van der Waals surface area contributed by atoms with Crippen molar-refractivity contribution in [3.05, 3.63) is 27.1 Å². The fraction of sp³-hybridized carbons (Fsp3) is 0.650. The van der Waals surface area contributed by atoms with Crippen LogP contribution in [0.25, 0.3) is 10.2 Å². The van der Waals surface area contributed by atoms with Crippen LogP contribution in [0.15, 0.2) is 11.1 Å². The quantitative estimate of drug-likeness (QED) is 0.811. The Morgan fingerprint density at radius 1 is 1.27 bits per heavy atom. The molecule has 0 spiro atoms. The molecule has 6 heteroatoms. The molecule has 1 saturated heterocycles. The maximum Gasteiger partial charge on any atom is 0.262 e. The molecule has 0 aromatic carbocycles. The summed E-state index contributed by atoms with van der Waals surface area (Å²) in [5.41, 5.74) is 1.37. The summed E-state index contributed by atoms with van der Waals surface area (Å²) in [5, 5.41) is 0.861. The van der Waals surface area contributed by atoms with E-state index in [4.69, 9.17) is 0 Å². The first-order chi connectivity index (χ1) is 12.5. The Morgan fingerprint density at radius 2 is 2.00 bits per heavy atom. The predicted molar refractivity (Wildman–Crippen MR) is 105 cm³/mol. The standard InChI is InChI=1S/C20H27N3O2S/c1-12(2)19(24)22-8-6-14(7-9-22)23-11-21-18-17(20(23)25)15-5-4-13(3)10-16(15)26-18/h11-14H,4-10H2,1-3H3/t13-/m1/s1. The Labute approximate surface area is 158 Å². The molecule has 1 aliphatic heterocycles. The maximum atomic E-state index is 13.2. The van der Waals surface area contributed by atoms with Crippen LogP contribution in [-0.4, -0.2) is 33.4 Å². The average molecular weight is 374 g/mol. The predicted octanol–water partition coefficient (Wildman–Crippen LogP) is 3.40. The van der Waals surface area contributed by atoms with Gasteiger partial charge >= 0.3 is 0 Å². The van der Waals surface area contributed by atoms with Crippen LogP contribution in [0.3, 0.4) is 0 Å². The molecule has 2 aliphatic rings. The Morgan fingerprint density at radius 3 is 2.69 bits per heavy atom. The fourth-order valence-corrected chi connectivity index (χ4v) is 5.67. The van der Waals surface area contributed by atoms with Gasteiger partial charge in [-0.25, -0.2) is 4.98 Å². The highest BCUT2D eigenvalue weighted by atomic mass is 32.1. The van der Waals surface area contributed by atoms with Crippen LogP contribution in [0, 0.1) is 11.8 Å². The van der Waals surface area contributed by atoms with Gasteiger partial charge in [0.05, 0.1) is 11.7 Å². The molecule has 140 valence electrons. The lowest BCUT2D eigenvalue weighted by molar-refractivity contribution is -0.135. The first-order valence-corrected chi connectivity index (χ1v) is 10.6. The molecule has 2 aromatic rings. The molecule has 0 radical (unpaired) electrons. The van der Waals surface area contributed by atoms with Gasteiger partial charge in [-0.15, -0.1) is 11.3 Å². The number of thiophene rings is 1. The number of likely N-dealkylation sites (tertiary alicyclic amines) is 1. The van der Waals surface area contributed by atoms with Crippen LogP contribution in [0.5, 0.6) is 0 Å². The Balaban J connectivity index is 1.61. The largest absolute Gasteiger partial charge is 0.342 e. The topological polar surface area (TPSA) is 55.2 Å². The molecular formula is C20H27N3O2S. The Bertz CT molecular complexity index is 890. The van der Waals surface area contributed by atoms with E-state index in [1.54, 1.807) is 17.7 Å². The van der Waals surface area contributed by atoms with E-state index >= 15 is 0 Å². The van der Waals surface area contributed by atoms with Gasteiger partial charge in [0, 0.05) is 29.9 Å². The lowest BCUT2D eigenvalue weighted by Gasteiger charge is -2.33. The van der Waals surface area contributed by atoms with E-state index in [1.807, 2.05) is 23.3 Å². The van der Waals surface area contributed by atoms with E-state index in [9.17, 15) is 9.59 Å². The second-order valence-corrected chi connectivity index (χ2v) is 9.28. The number of amides is 1. The molecule has 1 fully saturated rings. The fourth-order valence-electron chi connectivity index (χ4n) is 4.33. The van der Waals surface area contributed by atoms with Gasteiger partial charge in [0.25, 0.3) is 5.56 Å². The van der Waals surface area contributed by atoms with Gasteiger partial charge in [0.15, 0.2) is 0 Å². The van der Waals surface area contributed by atoms with Gasteiger partial charge in [0.1, 0.15) is 4.83 Å². The van der Waals surface area contributed by atoms with Crippen LogP contribution in [0.4, 0.5) is 0 Å². The summed E-state index contributed by atoms with van der Waals surface area (Å²) < 4.78 is 1.84. The molecule has 3 heterocycles. The number of fused-ring (bicyclic) bond motifs is 3. The first-order valence-electron chi connectivity index (χ1n) is 9.76. The van der Waals surface area contributed by atoms with Crippen molar-refractivity contribution in [3.8, 4) is 0 Å². The molecule has 0 unspecified atom stereocenters. The molecule has 1 atom stereocenters. The molecule has 1 aliphatic carbocycles. The zero-order chi connectivity index (χ0) is 18.4. The number of aromatic nitrogens is 2. The third kappa shape index (κ3) is 2.98. The number of nitrogens with zero attached hydrogens (tertiary/aromatic N) is 3. The van der Waals surface area contributed by atoms with Crippen molar-refractivity contribution in [2.75, 3.05) is 13.1 Å². The molecule has 0 bridgehead atoms. The number of piperidine rings is 1. The first kappa shape index (κ1) is 17.7. The lowest BCUT2D eigenvalue weighted by Crippen LogP contribution is -2.42. The van der Waals surface area contributed by atoms with E-state index in [2.05, 4.69) is 11.9 Å². The normalized spacial score (nSPS) is 21.4. The van der Waals surface area contributed by atoms with Crippen molar-refractivity contribution >= 4 is 27.5 Å². The zero-order valence-corrected chi connectivity index (χ0v) is 16.6. The number of hydrogen-bond donors (Lipinski definition) is 0. The van der Waals surface area contributed by atoms with Crippen molar-refractivity contribution in [3.63, 3.8) is 0 Å². The van der Waals surface area contributed by atoms with Crippen LogP contribution < -0.4 is 5.56 Å². The molecule has 0 saturated carbocycles. The van der Waals surface area contributed by atoms with Crippen LogP contribution in [0.2, 0.25) is 0 Å². The second kappa shape index (κ2) is 6.80. The second-order valence-electron chi connectivity index (χ2n) is 8.20. The highest BCUT2D eigenvalue weighted by Gasteiger charge is 2.28. The summed E-state index contributed by atoms with van der Waals surface area (Å²) in [6, 6.07) is 0.147. The number of rotatable bonds is 2. The molecule has 2 aromatic heterocycles. The zero-order valence-electron chi connectivity index (χ0n) is 15.8. The van der Waals surface area contributed by atoms with Gasteiger partial charge in [-0.3, -0.25) is 14.2 Å².